The van der Waals surface area contributed by atoms with Gasteiger partial charge in [0.05, 0.1) is 11.6 Å². The highest BCUT2D eigenvalue weighted by atomic mass is 19.1. The van der Waals surface area contributed by atoms with E-state index in [2.05, 4.69) is 11.0 Å². The van der Waals surface area contributed by atoms with Crippen LogP contribution in [-0.2, 0) is 11.2 Å². The lowest BCUT2D eigenvalue weighted by Crippen LogP contribution is -2.44. The number of carbonyl (C=O) groups is 1. The summed E-state index contributed by atoms with van der Waals surface area (Å²) in [6.45, 7) is 1.57. The van der Waals surface area contributed by atoms with Gasteiger partial charge in [0.1, 0.15) is 12.0 Å². The molecule has 0 aromatic heterocycles. The lowest BCUT2D eigenvalue weighted by molar-refractivity contribution is -0.0453. The maximum atomic E-state index is 13.0. The van der Waals surface area contributed by atoms with Crippen molar-refractivity contribution >= 4 is 5.78 Å². The van der Waals surface area contributed by atoms with Crippen LogP contribution in [0, 0.1) is 23.1 Å². The second kappa shape index (κ2) is 8.90. The van der Waals surface area contributed by atoms with Crippen LogP contribution in [0.4, 0.5) is 4.39 Å². The highest BCUT2D eigenvalue weighted by molar-refractivity contribution is 5.97. The number of ether oxygens (including phenoxy) is 1. The van der Waals surface area contributed by atoms with Gasteiger partial charge in [0, 0.05) is 38.1 Å². The molecule has 1 heterocycles. The van der Waals surface area contributed by atoms with Crippen LogP contribution in [-0.4, -0.2) is 37.1 Å². The van der Waals surface area contributed by atoms with Gasteiger partial charge in [0.15, 0.2) is 5.78 Å². The number of methoxy groups -OCH3 is 1. The Hall–Kier alpha value is -2.55. The van der Waals surface area contributed by atoms with Crippen molar-refractivity contribution < 1.29 is 13.9 Å². The van der Waals surface area contributed by atoms with Crippen LogP contribution < -0.4 is 0 Å². The van der Waals surface area contributed by atoms with Crippen molar-refractivity contribution in [2.75, 3.05) is 20.2 Å². The van der Waals surface area contributed by atoms with E-state index in [-0.39, 0.29) is 23.7 Å². The molecule has 0 amide bonds. The minimum atomic E-state index is -0.327. The first kappa shape index (κ1) is 19.2. The first-order valence-electron chi connectivity index (χ1n) is 9.16. The number of rotatable bonds is 6. The third-order valence-electron chi connectivity index (χ3n) is 5.20. The Kier molecular flexibility index (Phi) is 6.33. The van der Waals surface area contributed by atoms with E-state index in [9.17, 15) is 9.18 Å². The van der Waals surface area contributed by atoms with E-state index in [1.165, 1.54) is 12.1 Å². The summed E-state index contributed by atoms with van der Waals surface area (Å²) < 4.78 is 18.7. The van der Waals surface area contributed by atoms with Crippen molar-refractivity contribution in [2.45, 2.75) is 25.5 Å². The molecule has 1 unspecified atom stereocenters. The van der Waals surface area contributed by atoms with E-state index in [1.807, 2.05) is 24.3 Å². The molecule has 140 valence electrons. The molecule has 2 aromatic rings. The van der Waals surface area contributed by atoms with E-state index in [1.54, 1.807) is 19.2 Å². The Morgan fingerprint density at radius 2 is 1.81 bits per heavy atom. The molecule has 27 heavy (non-hydrogen) atoms. The van der Waals surface area contributed by atoms with Crippen LogP contribution in [0.25, 0.3) is 0 Å². The maximum Gasteiger partial charge on any atom is 0.166 e. The second-order valence-electron chi connectivity index (χ2n) is 6.88. The Bertz CT molecular complexity index is 804. The number of halogens is 1. The molecule has 1 fully saturated rings. The molecule has 0 radical (unpaired) electrons. The summed E-state index contributed by atoms with van der Waals surface area (Å²) in [6, 6.07) is 15.5. The summed E-state index contributed by atoms with van der Waals surface area (Å²) in [5, 5.41) is 8.90. The van der Waals surface area contributed by atoms with E-state index in [4.69, 9.17) is 10.00 Å². The van der Waals surface area contributed by atoms with Gasteiger partial charge in [-0.15, -0.1) is 0 Å². The Morgan fingerprint density at radius 1 is 1.19 bits per heavy atom. The molecular formula is C22H23FN2O2. The average Bonchev–Trinajstić information content (AvgIpc) is 2.72. The van der Waals surface area contributed by atoms with E-state index in [0.717, 1.165) is 37.9 Å². The number of nitrogens with zero attached hydrogens (tertiary/aromatic N) is 2. The largest absolute Gasteiger partial charge is 0.366 e. The molecule has 1 saturated heterocycles. The van der Waals surface area contributed by atoms with Gasteiger partial charge in [0.25, 0.3) is 0 Å². The van der Waals surface area contributed by atoms with Crippen molar-refractivity contribution in [3.63, 3.8) is 0 Å². The minimum absolute atomic E-state index is 0.0286. The van der Waals surface area contributed by atoms with Gasteiger partial charge in [-0.3, -0.25) is 9.69 Å². The lowest BCUT2D eigenvalue weighted by atomic mass is 9.88. The fourth-order valence-electron chi connectivity index (χ4n) is 3.58. The minimum Gasteiger partial charge on any atom is -0.366 e. The van der Waals surface area contributed by atoms with E-state index in [0.29, 0.717) is 11.1 Å². The number of piperidine rings is 1. The Morgan fingerprint density at radius 3 is 2.37 bits per heavy atom. The summed E-state index contributed by atoms with van der Waals surface area (Å²) in [4.78, 5) is 14.9. The quantitative estimate of drug-likeness (QED) is 0.730. The van der Waals surface area contributed by atoms with Crippen molar-refractivity contribution in [1.82, 2.24) is 4.90 Å². The lowest BCUT2D eigenvalue weighted by Gasteiger charge is -2.36. The molecule has 2 aromatic carbocycles. The topological polar surface area (TPSA) is 53.3 Å². The SMILES string of the molecule is COC(Cc1ccc(C#N)cc1)N1CCC(C(=O)c2ccc(F)cc2)CC1. The Balaban J connectivity index is 1.57. The van der Waals surface area contributed by atoms with Crippen LogP contribution in [0.2, 0.25) is 0 Å². The fourth-order valence-corrected chi connectivity index (χ4v) is 3.58. The number of hydrogen-bond acceptors (Lipinski definition) is 4. The molecule has 0 spiro atoms. The highest BCUT2D eigenvalue weighted by Crippen LogP contribution is 2.24. The van der Waals surface area contributed by atoms with Crippen molar-refractivity contribution in [3.8, 4) is 6.07 Å². The number of nitriles is 1. The van der Waals surface area contributed by atoms with E-state index >= 15 is 0 Å². The predicted molar refractivity (Wildman–Crippen MR) is 101 cm³/mol. The fraction of sp³-hybridized carbons (Fsp3) is 0.364. The summed E-state index contributed by atoms with van der Waals surface area (Å²) >= 11 is 0. The van der Waals surface area contributed by atoms with Crippen molar-refractivity contribution in [1.29, 1.82) is 5.26 Å². The predicted octanol–water partition coefficient (Wildman–Crippen LogP) is 3.81. The standard InChI is InChI=1S/C22H23FN2O2/c1-27-21(14-16-2-4-17(15-24)5-3-16)25-12-10-19(11-13-25)22(26)18-6-8-20(23)9-7-18/h2-9,19,21H,10-14H2,1H3. The number of carbonyl (C=O) groups excluding carboxylic acids is 1. The first-order chi connectivity index (χ1) is 13.1. The van der Waals surface area contributed by atoms with Crippen molar-refractivity contribution in [2.24, 2.45) is 5.92 Å². The van der Waals surface area contributed by atoms with Gasteiger partial charge in [0.2, 0.25) is 0 Å². The third kappa shape index (κ3) is 4.79. The molecule has 0 saturated carbocycles. The number of hydrogen-bond donors (Lipinski definition) is 0. The van der Waals surface area contributed by atoms with Crippen molar-refractivity contribution in [3.05, 3.63) is 71.0 Å². The van der Waals surface area contributed by atoms with Gasteiger partial charge in [-0.1, -0.05) is 12.1 Å². The monoisotopic (exact) mass is 366 g/mol. The van der Waals surface area contributed by atoms with Gasteiger partial charge >= 0.3 is 0 Å². The number of benzene rings is 2. The third-order valence-corrected chi connectivity index (χ3v) is 5.20. The number of ketones is 1. The van der Waals surface area contributed by atoms with Crippen LogP contribution in [0.1, 0.15) is 34.3 Å². The Labute approximate surface area is 159 Å². The normalized spacial score (nSPS) is 16.6. The van der Waals surface area contributed by atoms with Gasteiger partial charge in [-0.25, -0.2) is 4.39 Å². The van der Waals surface area contributed by atoms with Crippen LogP contribution in [0.3, 0.4) is 0 Å². The highest BCUT2D eigenvalue weighted by Gasteiger charge is 2.29. The summed E-state index contributed by atoms with van der Waals surface area (Å²) in [7, 11) is 1.70. The molecule has 1 aliphatic rings. The number of likely N-dealkylation sites (tertiary alicyclic amines) is 1. The van der Waals surface area contributed by atoms with Gasteiger partial charge < -0.3 is 4.74 Å². The van der Waals surface area contributed by atoms with Gasteiger partial charge in [-0.05, 0) is 54.8 Å². The second-order valence-corrected chi connectivity index (χ2v) is 6.88. The molecule has 1 atom stereocenters. The van der Waals surface area contributed by atoms with Gasteiger partial charge in [-0.2, -0.15) is 5.26 Å². The smallest absolute Gasteiger partial charge is 0.166 e. The summed E-state index contributed by atoms with van der Waals surface area (Å²) in [6.07, 6.45) is 2.21. The summed E-state index contributed by atoms with van der Waals surface area (Å²) in [5.41, 5.74) is 2.34. The molecule has 1 aliphatic heterocycles. The van der Waals surface area contributed by atoms with E-state index < -0.39 is 0 Å². The zero-order valence-corrected chi connectivity index (χ0v) is 15.4. The molecule has 0 bridgehead atoms. The van der Waals surface area contributed by atoms with Crippen LogP contribution >= 0.6 is 0 Å². The molecule has 0 N–H and O–H groups in total. The molecule has 5 heteroatoms. The zero-order valence-electron chi connectivity index (χ0n) is 15.4. The molecule has 0 aliphatic carbocycles. The maximum absolute atomic E-state index is 13.0. The first-order valence-corrected chi connectivity index (χ1v) is 9.16. The average molecular weight is 366 g/mol. The molecule has 4 nitrogen and oxygen atoms in total. The molecular weight excluding hydrogens is 343 g/mol. The summed E-state index contributed by atoms with van der Waals surface area (Å²) in [5.74, 6) is -0.262. The van der Waals surface area contributed by atoms with Crippen LogP contribution in [0.15, 0.2) is 48.5 Å². The zero-order chi connectivity index (χ0) is 19.2. The number of Topliss-reactive ketones (excluding diaryl/α,β-unsaturated/α-hetero) is 1. The van der Waals surface area contributed by atoms with Crippen LogP contribution in [0.5, 0.6) is 0 Å². The molecule has 3 rings (SSSR count).